The van der Waals surface area contributed by atoms with Gasteiger partial charge in [-0.25, -0.2) is 0 Å². The molecule has 2 heterocycles. The molecule has 1 amide bonds. The Bertz CT molecular complexity index is 853. The number of oxime groups is 1. The van der Waals surface area contributed by atoms with Crippen molar-refractivity contribution in [3.05, 3.63) is 58.1 Å². The average Bonchev–Trinajstić information content (AvgIpc) is 3.28. The molecule has 0 aromatic heterocycles. The van der Waals surface area contributed by atoms with Gasteiger partial charge >= 0.3 is 0 Å². The van der Waals surface area contributed by atoms with Gasteiger partial charge in [0.2, 0.25) is 12.9 Å². The number of carbonyl (C=O) groups excluding carboxylic acids is 1. The summed E-state index contributed by atoms with van der Waals surface area (Å²) in [6.45, 7) is 0.623. The van der Waals surface area contributed by atoms with Crippen molar-refractivity contribution in [3.63, 3.8) is 0 Å². The van der Waals surface area contributed by atoms with Crippen molar-refractivity contribution in [2.24, 2.45) is 5.16 Å². The number of nitrogens with one attached hydrogen (secondary N) is 1. The van der Waals surface area contributed by atoms with Gasteiger partial charge in [0.25, 0.3) is 5.91 Å². The minimum atomic E-state index is -0.608. The second-order valence-electron chi connectivity index (χ2n) is 5.75. The van der Waals surface area contributed by atoms with Gasteiger partial charge in [-0.3, -0.25) is 4.79 Å². The second kappa shape index (κ2) is 6.76. The maximum Gasteiger partial charge on any atom is 0.264 e. The maximum absolute atomic E-state index is 12.3. The highest BCUT2D eigenvalue weighted by Crippen LogP contribution is 2.32. The molecular weight excluding hydrogens is 388 g/mol. The van der Waals surface area contributed by atoms with E-state index in [1.807, 2.05) is 42.5 Å². The van der Waals surface area contributed by atoms with Crippen LogP contribution in [0, 0.1) is 0 Å². The second-order valence-corrected chi connectivity index (χ2v) is 6.67. The van der Waals surface area contributed by atoms with Crippen LogP contribution in [0.3, 0.4) is 0 Å². The number of hydrogen-bond donors (Lipinski definition) is 1. The number of halogens is 1. The fraction of sp³-hybridized carbons (Fsp3) is 0.222. The summed E-state index contributed by atoms with van der Waals surface area (Å²) in [5.74, 6) is 1.23. The fourth-order valence-electron chi connectivity index (χ4n) is 2.71. The highest BCUT2D eigenvalue weighted by molar-refractivity contribution is 9.10. The summed E-state index contributed by atoms with van der Waals surface area (Å²) in [6.07, 6.45) is -0.160. The molecule has 0 radical (unpaired) electrons. The molecule has 0 saturated carbocycles. The first kappa shape index (κ1) is 16.0. The molecule has 7 heteroatoms. The van der Waals surface area contributed by atoms with E-state index >= 15 is 0 Å². The Balaban J connectivity index is 1.34. The van der Waals surface area contributed by atoms with Crippen molar-refractivity contribution >= 4 is 27.5 Å². The predicted octanol–water partition coefficient (Wildman–Crippen LogP) is 2.99. The highest BCUT2D eigenvalue weighted by atomic mass is 79.9. The van der Waals surface area contributed by atoms with E-state index in [2.05, 4.69) is 26.4 Å². The molecule has 2 aromatic rings. The molecule has 2 aliphatic heterocycles. The van der Waals surface area contributed by atoms with Crippen molar-refractivity contribution in [3.8, 4) is 11.5 Å². The first-order chi connectivity index (χ1) is 12.2. The van der Waals surface area contributed by atoms with Crippen molar-refractivity contribution in [2.75, 3.05) is 6.79 Å². The Morgan fingerprint density at radius 3 is 2.96 bits per heavy atom. The minimum Gasteiger partial charge on any atom is -0.454 e. The number of hydrogen-bond acceptors (Lipinski definition) is 5. The number of carbonyl (C=O) groups is 1. The zero-order valence-electron chi connectivity index (χ0n) is 13.2. The summed E-state index contributed by atoms with van der Waals surface area (Å²) in [5.41, 5.74) is 2.65. The lowest BCUT2D eigenvalue weighted by Crippen LogP contribution is -2.34. The van der Waals surface area contributed by atoms with E-state index in [0.29, 0.717) is 18.7 Å². The third-order valence-corrected chi connectivity index (χ3v) is 4.52. The predicted molar refractivity (Wildman–Crippen MR) is 94.6 cm³/mol. The van der Waals surface area contributed by atoms with Crippen LogP contribution in [0.15, 0.2) is 52.1 Å². The number of fused-ring (bicyclic) bond motifs is 1. The summed E-state index contributed by atoms with van der Waals surface area (Å²) in [6, 6.07) is 13.4. The molecule has 0 bridgehead atoms. The summed E-state index contributed by atoms with van der Waals surface area (Å²) in [5, 5.41) is 6.92. The smallest absolute Gasteiger partial charge is 0.264 e. The van der Waals surface area contributed by atoms with Gasteiger partial charge in [-0.2, -0.15) is 0 Å². The third-order valence-electron chi connectivity index (χ3n) is 4.02. The first-order valence-corrected chi connectivity index (χ1v) is 8.63. The van der Waals surface area contributed by atoms with Crippen LogP contribution in [0.5, 0.6) is 11.5 Å². The Hall–Kier alpha value is -2.54. The summed E-state index contributed by atoms with van der Waals surface area (Å²) >= 11 is 3.43. The SMILES string of the molecule is O=C(NCc1ccc2c(c1)OCO2)[C@H]1CC(c2cccc(Br)c2)=NO1. The van der Waals surface area contributed by atoms with Crippen LogP contribution in [0.2, 0.25) is 0 Å². The molecule has 6 nitrogen and oxygen atoms in total. The molecule has 25 heavy (non-hydrogen) atoms. The van der Waals surface area contributed by atoms with Gasteiger partial charge in [0.1, 0.15) is 0 Å². The molecule has 0 unspecified atom stereocenters. The van der Waals surface area contributed by atoms with Crippen LogP contribution in [0.1, 0.15) is 17.5 Å². The number of rotatable bonds is 4. The lowest BCUT2D eigenvalue weighted by Gasteiger charge is -2.10. The quantitative estimate of drug-likeness (QED) is 0.853. The van der Waals surface area contributed by atoms with Crippen molar-refractivity contribution in [2.45, 2.75) is 19.1 Å². The van der Waals surface area contributed by atoms with Crippen molar-refractivity contribution in [1.29, 1.82) is 0 Å². The van der Waals surface area contributed by atoms with E-state index in [1.165, 1.54) is 0 Å². The Labute approximate surface area is 152 Å². The highest BCUT2D eigenvalue weighted by Gasteiger charge is 2.28. The van der Waals surface area contributed by atoms with Crippen LogP contribution < -0.4 is 14.8 Å². The number of ether oxygens (including phenoxy) is 2. The molecule has 128 valence electrons. The third kappa shape index (κ3) is 3.46. The molecular formula is C18H15BrN2O4. The van der Waals surface area contributed by atoms with Crippen LogP contribution >= 0.6 is 15.9 Å². The van der Waals surface area contributed by atoms with Gasteiger partial charge < -0.3 is 19.6 Å². The van der Waals surface area contributed by atoms with Gasteiger partial charge in [-0.05, 0) is 29.8 Å². The van der Waals surface area contributed by atoms with Crippen LogP contribution in [0.4, 0.5) is 0 Å². The maximum atomic E-state index is 12.3. The van der Waals surface area contributed by atoms with Crippen LogP contribution in [-0.4, -0.2) is 24.5 Å². The van der Waals surface area contributed by atoms with Crippen LogP contribution in [0.25, 0.3) is 0 Å². The topological polar surface area (TPSA) is 69.2 Å². The number of amides is 1. The first-order valence-electron chi connectivity index (χ1n) is 7.84. The van der Waals surface area contributed by atoms with E-state index < -0.39 is 6.10 Å². The monoisotopic (exact) mass is 402 g/mol. The van der Waals surface area contributed by atoms with Crippen molar-refractivity contribution in [1.82, 2.24) is 5.32 Å². The van der Waals surface area contributed by atoms with Gasteiger partial charge in [0.05, 0.1) is 5.71 Å². The molecule has 0 saturated heterocycles. The molecule has 0 fully saturated rings. The Morgan fingerprint density at radius 2 is 2.08 bits per heavy atom. The normalized spacial score (nSPS) is 17.8. The van der Waals surface area contributed by atoms with Gasteiger partial charge in [0.15, 0.2) is 11.5 Å². The fourth-order valence-corrected chi connectivity index (χ4v) is 3.11. The summed E-state index contributed by atoms with van der Waals surface area (Å²) in [4.78, 5) is 17.6. The largest absolute Gasteiger partial charge is 0.454 e. The van der Waals surface area contributed by atoms with E-state index in [-0.39, 0.29) is 12.7 Å². The zero-order valence-corrected chi connectivity index (χ0v) is 14.8. The average molecular weight is 403 g/mol. The van der Waals surface area contributed by atoms with Gasteiger partial charge in [-0.15, -0.1) is 0 Å². The summed E-state index contributed by atoms with van der Waals surface area (Å²) < 4.78 is 11.6. The molecule has 1 N–H and O–H groups in total. The Morgan fingerprint density at radius 1 is 1.20 bits per heavy atom. The lowest BCUT2D eigenvalue weighted by molar-refractivity contribution is -0.131. The van der Waals surface area contributed by atoms with Crippen LogP contribution in [-0.2, 0) is 16.2 Å². The lowest BCUT2D eigenvalue weighted by atomic mass is 10.0. The van der Waals surface area contributed by atoms with E-state index in [0.717, 1.165) is 27.1 Å². The van der Waals surface area contributed by atoms with Crippen molar-refractivity contribution < 1.29 is 19.1 Å². The standard InChI is InChI=1S/C18H15BrN2O4/c19-13-3-1-2-12(7-13)14-8-17(25-21-14)18(22)20-9-11-4-5-15-16(6-11)24-10-23-15/h1-7,17H,8-10H2,(H,20,22)/t17-/m1/s1. The van der Waals surface area contributed by atoms with Gasteiger partial charge in [0, 0.05) is 23.0 Å². The number of benzene rings is 2. The molecule has 2 aromatic carbocycles. The Kier molecular flexibility index (Phi) is 4.31. The van der Waals surface area contributed by atoms with E-state index in [9.17, 15) is 4.79 Å². The van der Waals surface area contributed by atoms with Gasteiger partial charge in [-0.1, -0.05) is 39.3 Å². The summed E-state index contributed by atoms with van der Waals surface area (Å²) in [7, 11) is 0. The zero-order chi connectivity index (χ0) is 17.2. The molecule has 1 atom stereocenters. The van der Waals surface area contributed by atoms with E-state index in [4.69, 9.17) is 14.3 Å². The molecule has 0 spiro atoms. The van der Waals surface area contributed by atoms with E-state index in [1.54, 1.807) is 0 Å². The molecule has 0 aliphatic carbocycles. The number of nitrogens with zero attached hydrogens (tertiary/aromatic N) is 1. The molecule has 4 rings (SSSR count). The minimum absolute atomic E-state index is 0.189. The molecule has 2 aliphatic rings.